The third kappa shape index (κ3) is 4.22. The van der Waals surface area contributed by atoms with Gasteiger partial charge in [0.05, 0.1) is 4.91 Å². The van der Waals surface area contributed by atoms with Gasteiger partial charge in [0.2, 0.25) is 0 Å². The number of thiocarbonyl (C=S) groups is 1. The summed E-state index contributed by atoms with van der Waals surface area (Å²) >= 11 is 24.1. The zero-order valence-corrected chi connectivity index (χ0v) is 16.7. The molecule has 0 aliphatic carbocycles. The Labute approximate surface area is 174 Å². The lowest BCUT2D eigenvalue weighted by molar-refractivity contribution is -0.123. The highest BCUT2D eigenvalue weighted by molar-refractivity contribution is 8.26. The topological polar surface area (TPSA) is 49.4 Å². The summed E-state index contributed by atoms with van der Waals surface area (Å²) < 4.78 is 0.210. The van der Waals surface area contributed by atoms with E-state index in [0.717, 1.165) is 16.8 Å². The quantitative estimate of drug-likeness (QED) is 0.524. The summed E-state index contributed by atoms with van der Waals surface area (Å²) in [4.78, 5) is 25.2. The monoisotopic (exact) mass is 442 g/mol. The molecule has 4 nitrogen and oxygen atoms in total. The molecule has 2 aromatic carbocycles. The van der Waals surface area contributed by atoms with Gasteiger partial charge in [0.1, 0.15) is 0 Å². The lowest BCUT2D eigenvalue weighted by atomic mass is 10.2. The van der Waals surface area contributed by atoms with Crippen molar-refractivity contribution in [2.45, 2.75) is 0 Å². The van der Waals surface area contributed by atoms with Gasteiger partial charge < -0.3 is 0 Å². The average molecular weight is 444 g/mol. The first-order chi connectivity index (χ1) is 12.3. The summed E-state index contributed by atoms with van der Waals surface area (Å²) in [6.07, 6.45) is 1.60. The number of hydrazine groups is 1. The molecule has 1 fully saturated rings. The highest BCUT2D eigenvalue weighted by atomic mass is 35.5. The second kappa shape index (κ2) is 7.98. The SMILES string of the molecule is O=C(NN1C(=O)/C(=C/c2ccc(Cl)cc2Cl)SC1=S)c1cccc(Cl)c1. The third-order valence-electron chi connectivity index (χ3n) is 3.34. The van der Waals surface area contributed by atoms with Crippen LogP contribution in [0.15, 0.2) is 47.4 Å². The number of hydrogen-bond acceptors (Lipinski definition) is 4. The van der Waals surface area contributed by atoms with Gasteiger partial charge in [-0.25, -0.2) is 0 Å². The number of carbonyl (C=O) groups excluding carboxylic acids is 2. The molecule has 1 aliphatic rings. The van der Waals surface area contributed by atoms with Crippen LogP contribution in [0.3, 0.4) is 0 Å². The molecule has 9 heteroatoms. The molecule has 0 radical (unpaired) electrons. The number of nitrogens with zero attached hydrogens (tertiary/aromatic N) is 1. The maximum absolute atomic E-state index is 12.6. The van der Waals surface area contributed by atoms with Gasteiger partial charge in [-0.05, 0) is 54.2 Å². The Hall–Kier alpha value is -1.57. The summed E-state index contributed by atoms with van der Waals surface area (Å²) in [6, 6.07) is 11.3. The van der Waals surface area contributed by atoms with Crippen LogP contribution in [-0.4, -0.2) is 21.1 Å². The molecular weight excluding hydrogens is 435 g/mol. The van der Waals surface area contributed by atoms with E-state index in [-0.39, 0.29) is 4.32 Å². The maximum atomic E-state index is 12.6. The van der Waals surface area contributed by atoms with Gasteiger partial charge in [-0.2, -0.15) is 5.01 Å². The van der Waals surface area contributed by atoms with Crippen molar-refractivity contribution in [1.29, 1.82) is 0 Å². The molecule has 3 rings (SSSR count). The number of rotatable bonds is 3. The Morgan fingerprint density at radius 1 is 1.12 bits per heavy atom. The summed E-state index contributed by atoms with van der Waals surface area (Å²) in [7, 11) is 0. The first-order valence-corrected chi connectivity index (χ1v) is 9.50. The van der Waals surface area contributed by atoms with Gasteiger partial charge >= 0.3 is 0 Å². The van der Waals surface area contributed by atoms with Gasteiger partial charge in [0.15, 0.2) is 4.32 Å². The molecule has 0 saturated carbocycles. The molecule has 0 aromatic heterocycles. The number of halogens is 3. The number of thioether (sulfide) groups is 1. The Morgan fingerprint density at radius 3 is 2.54 bits per heavy atom. The second-order valence-corrected chi connectivity index (χ2v) is 8.09. The minimum atomic E-state index is -0.491. The van der Waals surface area contributed by atoms with Gasteiger partial charge in [0.25, 0.3) is 11.8 Å². The van der Waals surface area contributed by atoms with Crippen molar-refractivity contribution in [1.82, 2.24) is 10.4 Å². The largest absolute Gasteiger partial charge is 0.285 e. The molecule has 1 saturated heterocycles. The summed E-state index contributed by atoms with van der Waals surface area (Å²) in [6.45, 7) is 0. The molecule has 2 aromatic rings. The molecular formula is C17H9Cl3N2O2S2. The van der Waals surface area contributed by atoms with Crippen molar-refractivity contribution < 1.29 is 9.59 Å². The molecule has 26 heavy (non-hydrogen) atoms. The number of nitrogens with one attached hydrogen (secondary N) is 1. The number of benzene rings is 2. The van der Waals surface area contributed by atoms with Gasteiger partial charge in [-0.1, -0.05) is 58.7 Å². The van der Waals surface area contributed by atoms with Crippen LogP contribution >= 0.6 is 58.8 Å². The molecule has 1 N–H and O–H groups in total. The molecule has 1 heterocycles. The van der Waals surface area contributed by atoms with E-state index in [4.69, 9.17) is 47.0 Å². The summed E-state index contributed by atoms with van der Waals surface area (Å²) in [5, 5.41) is 2.35. The van der Waals surface area contributed by atoms with Crippen molar-refractivity contribution in [3.8, 4) is 0 Å². The van der Waals surface area contributed by atoms with Gasteiger partial charge in [-0.3, -0.25) is 15.0 Å². The van der Waals surface area contributed by atoms with E-state index in [9.17, 15) is 9.59 Å². The van der Waals surface area contributed by atoms with Crippen molar-refractivity contribution >= 4 is 81.0 Å². The predicted molar refractivity (Wildman–Crippen MR) is 110 cm³/mol. The minimum Gasteiger partial charge on any atom is -0.267 e. The minimum absolute atomic E-state index is 0.210. The second-order valence-electron chi connectivity index (χ2n) is 5.13. The number of amides is 2. The van der Waals surface area contributed by atoms with E-state index >= 15 is 0 Å². The molecule has 0 atom stereocenters. The Bertz CT molecular complexity index is 963. The van der Waals surface area contributed by atoms with E-state index in [2.05, 4.69) is 5.43 Å². The van der Waals surface area contributed by atoms with Crippen LogP contribution < -0.4 is 5.43 Å². The molecule has 0 bridgehead atoms. The zero-order chi connectivity index (χ0) is 18.8. The van der Waals surface area contributed by atoms with Crippen molar-refractivity contribution in [3.05, 3.63) is 73.6 Å². The van der Waals surface area contributed by atoms with E-state index in [1.807, 2.05) is 0 Å². The fourth-order valence-corrected chi connectivity index (χ4v) is 3.94. The van der Waals surface area contributed by atoms with Crippen LogP contribution in [0.2, 0.25) is 15.1 Å². The Balaban J connectivity index is 1.80. The van der Waals surface area contributed by atoms with Crippen molar-refractivity contribution in [2.24, 2.45) is 0 Å². The van der Waals surface area contributed by atoms with Crippen LogP contribution in [0, 0.1) is 0 Å². The van der Waals surface area contributed by atoms with Crippen LogP contribution in [0.25, 0.3) is 6.08 Å². The number of carbonyl (C=O) groups is 2. The molecule has 0 unspecified atom stereocenters. The predicted octanol–water partition coefficient (Wildman–Crippen LogP) is 5.19. The normalized spacial score (nSPS) is 15.7. The Kier molecular flexibility index (Phi) is 5.89. The van der Waals surface area contributed by atoms with Crippen LogP contribution in [0.4, 0.5) is 0 Å². The highest BCUT2D eigenvalue weighted by Gasteiger charge is 2.34. The average Bonchev–Trinajstić information content (AvgIpc) is 2.85. The van der Waals surface area contributed by atoms with Crippen LogP contribution in [0.1, 0.15) is 15.9 Å². The van der Waals surface area contributed by atoms with E-state index in [0.29, 0.717) is 31.1 Å². The zero-order valence-electron chi connectivity index (χ0n) is 12.8. The summed E-state index contributed by atoms with van der Waals surface area (Å²) in [5.74, 6) is -0.934. The lowest BCUT2D eigenvalue weighted by Crippen LogP contribution is -2.44. The molecule has 1 aliphatic heterocycles. The summed E-state index contributed by atoms with van der Waals surface area (Å²) in [5.41, 5.74) is 3.43. The molecule has 2 amide bonds. The first kappa shape index (κ1) is 19.2. The maximum Gasteiger partial charge on any atom is 0.285 e. The molecule has 0 spiro atoms. The van der Waals surface area contributed by atoms with Gasteiger partial charge in [-0.15, -0.1) is 0 Å². The number of hydrogen-bond donors (Lipinski definition) is 1. The van der Waals surface area contributed by atoms with E-state index < -0.39 is 11.8 Å². The standard InChI is InChI=1S/C17H9Cl3N2O2S2/c18-11-3-1-2-10(6-11)15(23)21-22-16(24)14(26-17(22)25)7-9-4-5-12(19)8-13(9)20/h1-8H,(H,21,23)/b14-7-. The third-order valence-corrected chi connectivity index (χ3v) is 5.44. The lowest BCUT2D eigenvalue weighted by Gasteiger charge is -2.15. The Morgan fingerprint density at radius 2 is 1.85 bits per heavy atom. The first-order valence-electron chi connectivity index (χ1n) is 7.15. The highest BCUT2D eigenvalue weighted by Crippen LogP contribution is 2.33. The van der Waals surface area contributed by atoms with E-state index in [1.165, 1.54) is 6.07 Å². The van der Waals surface area contributed by atoms with Crippen LogP contribution in [0.5, 0.6) is 0 Å². The fraction of sp³-hybridized carbons (Fsp3) is 0. The molecule has 132 valence electrons. The van der Waals surface area contributed by atoms with Gasteiger partial charge in [0, 0.05) is 20.6 Å². The van der Waals surface area contributed by atoms with Crippen molar-refractivity contribution in [3.63, 3.8) is 0 Å². The van der Waals surface area contributed by atoms with E-state index in [1.54, 1.807) is 42.5 Å². The fourth-order valence-electron chi connectivity index (χ4n) is 2.12. The van der Waals surface area contributed by atoms with Crippen molar-refractivity contribution in [2.75, 3.05) is 0 Å². The van der Waals surface area contributed by atoms with Crippen LogP contribution in [-0.2, 0) is 4.79 Å². The smallest absolute Gasteiger partial charge is 0.267 e.